The average Bonchev–Trinajstić information content (AvgIpc) is 2.80. The number of hydrogen-bond donors (Lipinski definition) is 2. The zero-order chi connectivity index (χ0) is 15.8. The van der Waals surface area contributed by atoms with Gasteiger partial charge in [-0.3, -0.25) is 0 Å². The van der Waals surface area contributed by atoms with Crippen LogP contribution < -0.4 is 5.73 Å². The van der Waals surface area contributed by atoms with Crippen molar-refractivity contribution in [1.82, 2.24) is 4.31 Å². The summed E-state index contributed by atoms with van der Waals surface area (Å²) in [6.45, 7) is -0.162. The highest BCUT2D eigenvalue weighted by Crippen LogP contribution is 2.32. The number of nitrogen functional groups attached to an aromatic ring is 1. The molecule has 1 aliphatic carbocycles. The first-order chi connectivity index (χ1) is 9.66. The Morgan fingerprint density at radius 2 is 1.90 bits per heavy atom. The minimum absolute atomic E-state index is 0.162. The van der Waals surface area contributed by atoms with Gasteiger partial charge in [-0.25, -0.2) is 17.2 Å². The second-order valence-electron chi connectivity index (χ2n) is 5.51. The molecule has 5 nitrogen and oxygen atoms in total. The Morgan fingerprint density at radius 1 is 1.33 bits per heavy atom. The summed E-state index contributed by atoms with van der Waals surface area (Å²) in [5.74, 6) is -2.78. The van der Waals surface area contributed by atoms with E-state index >= 15 is 0 Å². The smallest absolute Gasteiger partial charge is 0.246 e. The number of sulfonamides is 1. The molecule has 0 atom stereocenters. The van der Waals surface area contributed by atoms with Crippen molar-refractivity contribution in [3.63, 3.8) is 0 Å². The first-order valence-electron chi connectivity index (χ1n) is 6.59. The molecule has 1 saturated carbocycles. The number of hydrogen-bond acceptors (Lipinski definition) is 4. The van der Waals surface area contributed by atoms with Gasteiger partial charge in [-0.2, -0.15) is 4.31 Å². The summed E-state index contributed by atoms with van der Waals surface area (Å²) < 4.78 is 52.6. The minimum Gasteiger partial charge on any atom is -0.399 e. The molecule has 1 aliphatic rings. The van der Waals surface area contributed by atoms with E-state index in [1.807, 2.05) is 0 Å². The standard InChI is InChI=1S/C13H18F2N2O3S/c1-17(8-13(18)4-2-3-5-13)21(19,20)11-7-9(16)6-10(14)12(11)15/h6-7,18H,2-5,8,16H2,1H3. The molecule has 0 amide bonds. The number of halogens is 2. The highest BCUT2D eigenvalue weighted by Gasteiger charge is 2.37. The fourth-order valence-electron chi connectivity index (χ4n) is 2.63. The molecule has 118 valence electrons. The van der Waals surface area contributed by atoms with Gasteiger partial charge in [0.05, 0.1) is 5.60 Å². The van der Waals surface area contributed by atoms with Crippen molar-refractivity contribution in [2.45, 2.75) is 36.2 Å². The van der Waals surface area contributed by atoms with Gasteiger partial charge in [0, 0.05) is 19.3 Å². The summed E-state index contributed by atoms with van der Waals surface area (Å²) in [4.78, 5) is -0.816. The molecule has 1 fully saturated rings. The predicted molar refractivity (Wildman–Crippen MR) is 74.0 cm³/mol. The maximum absolute atomic E-state index is 13.7. The van der Waals surface area contributed by atoms with E-state index in [2.05, 4.69) is 0 Å². The summed E-state index contributed by atoms with van der Waals surface area (Å²) in [6, 6.07) is 1.60. The number of anilines is 1. The molecule has 0 spiro atoms. The first kappa shape index (κ1) is 16.1. The van der Waals surface area contributed by atoms with Gasteiger partial charge in [-0.15, -0.1) is 0 Å². The van der Waals surface area contributed by atoms with Crippen LogP contribution in [0.15, 0.2) is 17.0 Å². The van der Waals surface area contributed by atoms with Crippen LogP contribution in [0.3, 0.4) is 0 Å². The molecule has 0 unspecified atom stereocenters. The Hall–Kier alpha value is -1.25. The lowest BCUT2D eigenvalue weighted by Gasteiger charge is -2.28. The second-order valence-corrected chi connectivity index (χ2v) is 7.52. The Bertz CT molecular complexity index is 643. The highest BCUT2D eigenvalue weighted by atomic mass is 32.2. The van der Waals surface area contributed by atoms with Crippen LogP contribution in [-0.2, 0) is 10.0 Å². The van der Waals surface area contributed by atoms with Crippen LogP contribution in [0.4, 0.5) is 14.5 Å². The Morgan fingerprint density at radius 3 is 2.48 bits per heavy atom. The molecule has 0 saturated heterocycles. The number of likely N-dealkylation sites (N-methyl/N-ethyl adjacent to an activating group) is 1. The third kappa shape index (κ3) is 3.17. The van der Waals surface area contributed by atoms with E-state index in [1.165, 1.54) is 7.05 Å². The third-order valence-corrected chi connectivity index (χ3v) is 5.56. The van der Waals surface area contributed by atoms with Crippen LogP contribution in [-0.4, -0.2) is 37.0 Å². The minimum atomic E-state index is -4.26. The fourth-order valence-corrected chi connectivity index (χ4v) is 3.99. The van der Waals surface area contributed by atoms with E-state index in [-0.39, 0.29) is 12.2 Å². The molecule has 0 aromatic heterocycles. The Balaban J connectivity index is 2.33. The summed E-state index contributed by atoms with van der Waals surface area (Å²) in [5.41, 5.74) is 4.08. The monoisotopic (exact) mass is 320 g/mol. The SMILES string of the molecule is CN(CC1(O)CCCC1)S(=O)(=O)c1cc(N)cc(F)c1F. The van der Waals surface area contributed by atoms with Gasteiger partial charge in [0.1, 0.15) is 4.90 Å². The van der Waals surface area contributed by atoms with Gasteiger partial charge in [0.15, 0.2) is 11.6 Å². The zero-order valence-corrected chi connectivity index (χ0v) is 12.5. The molecule has 21 heavy (non-hydrogen) atoms. The Kier molecular flexibility index (Phi) is 4.23. The molecule has 0 radical (unpaired) electrons. The third-order valence-electron chi connectivity index (χ3n) is 3.76. The number of nitrogens with zero attached hydrogens (tertiary/aromatic N) is 1. The van der Waals surface area contributed by atoms with Gasteiger partial charge >= 0.3 is 0 Å². The van der Waals surface area contributed by atoms with Crippen LogP contribution in [0.1, 0.15) is 25.7 Å². The molecule has 8 heteroatoms. The predicted octanol–water partition coefficient (Wildman–Crippen LogP) is 1.47. The van der Waals surface area contributed by atoms with Crippen LogP contribution >= 0.6 is 0 Å². The van der Waals surface area contributed by atoms with E-state index < -0.39 is 32.2 Å². The molecule has 0 bridgehead atoms. The van der Waals surface area contributed by atoms with Crippen LogP contribution in [0.25, 0.3) is 0 Å². The molecule has 1 aromatic carbocycles. The van der Waals surface area contributed by atoms with E-state index in [1.54, 1.807) is 0 Å². The normalized spacial score (nSPS) is 18.3. The van der Waals surface area contributed by atoms with Crippen molar-refractivity contribution < 1.29 is 22.3 Å². The van der Waals surface area contributed by atoms with E-state index in [0.717, 1.165) is 29.3 Å². The van der Waals surface area contributed by atoms with Crippen molar-refractivity contribution in [3.8, 4) is 0 Å². The van der Waals surface area contributed by atoms with Crippen molar-refractivity contribution in [1.29, 1.82) is 0 Å². The van der Waals surface area contributed by atoms with Gasteiger partial charge in [0.25, 0.3) is 0 Å². The lowest BCUT2D eigenvalue weighted by atomic mass is 10.0. The van der Waals surface area contributed by atoms with Crippen LogP contribution in [0.2, 0.25) is 0 Å². The average molecular weight is 320 g/mol. The lowest BCUT2D eigenvalue weighted by Crippen LogP contribution is -2.42. The topological polar surface area (TPSA) is 83.6 Å². The molecular formula is C13H18F2N2O3S. The molecule has 0 aliphatic heterocycles. The highest BCUT2D eigenvalue weighted by molar-refractivity contribution is 7.89. The molecule has 3 N–H and O–H groups in total. The molecule has 2 rings (SSSR count). The molecule has 1 aromatic rings. The van der Waals surface area contributed by atoms with Crippen molar-refractivity contribution in [2.24, 2.45) is 0 Å². The Labute approximate surface area is 122 Å². The number of aliphatic hydroxyl groups is 1. The van der Waals surface area contributed by atoms with Crippen molar-refractivity contribution in [3.05, 3.63) is 23.8 Å². The van der Waals surface area contributed by atoms with E-state index in [0.29, 0.717) is 12.8 Å². The van der Waals surface area contributed by atoms with Gasteiger partial charge in [-0.1, -0.05) is 12.8 Å². The number of benzene rings is 1. The van der Waals surface area contributed by atoms with Crippen molar-refractivity contribution >= 4 is 15.7 Å². The summed E-state index contributed by atoms with van der Waals surface area (Å²) in [5, 5.41) is 10.3. The maximum atomic E-state index is 13.7. The summed E-state index contributed by atoms with van der Waals surface area (Å²) >= 11 is 0. The first-order valence-corrected chi connectivity index (χ1v) is 8.03. The number of nitrogens with two attached hydrogens (primary N) is 1. The van der Waals surface area contributed by atoms with Gasteiger partial charge in [-0.05, 0) is 25.0 Å². The van der Waals surface area contributed by atoms with Crippen LogP contribution in [0.5, 0.6) is 0 Å². The second kappa shape index (κ2) is 5.51. The molecular weight excluding hydrogens is 302 g/mol. The van der Waals surface area contributed by atoms with Gasteiger partial charge < -0.3 is 10.8 Å². The van der Waals surface area contributed by atoms with E-state index in [4.69, 9.17) is 5.73 Å². The van der Waals surface area contributed by atoms with Gasteiger partial charge in [0.2, 0.25) is 10.0 Å². The number of rotatable bonds is 4. The van der Waals surface area contributed by atoms with Crippen LogP contribution in [0, 0.1) is 11.6 Å². The quantitative estimate of drug-likeness (QED) is 0.823. The zero-order valence-electron chi connectivity index (χ0n) is 11.6. The maximum Gasteiger partial charge on any atom is 0.246 e. The molecule has 0 heterocycles. The van der Waals surface area contributed by atoms with Crippen molar-refractivity contribution in [2.75, 3.05) is 19.3 Å². The lowest BCUT2D eigenvalue weighted by molar-refractivity contribution is 0.0333. The van der Waals surface area contributed by atoms with E-state index in [9.17, 15) is 22.3 Å². The fraction of sp³-hybridized carbons (Fsp3) is 0.538. The summed E-state index contributed by atoms with van der Waals surface area (Å²) in [6.07, 6.45) is 2.60. The largest absolute Gasteiger partial charge is 0.399 e. The summed E-state index contributed by atoms with van der Waals surface area (Å²) in [7, 11) is -3.03.